The zero-order chi connectivity index (χ0) is 6.69. The maximum Gasteiger partial charge on any atom is 0.0385 e. The number of nitrogens with zero attached hydrogens (tertiary/aromatic N) is 1. The van der Waals surface area contributed by atoms with Crippen molar-refractivity contribution in [2.45, 2.75) is 12.8 Å². The quantitative estimate of drug-likeness (QED) is 0.587. The van der Waals surface area contributed by atoms with Crippen LogP contribution in [0.25, 0.3) is 0 Å². The third-order valence-corrected chi connectivity index (χ3v) is 1.90. The van der Waals surface area contributed by atoms with E-state index in [4.69, 9.17) is 0 Å². The Morgan fingerprint density at radius 1 is 1.60 bits per heavy atom. The largest absolute Gasteiger partial charge is 0.343 e. The molecule has 2 unspecified atom stereocenters. The third kappa shape index (κ3) is 2.79. The summed E-state index contributed by atoms with van der Waals surface area (Å²) in [6.45, 7) is 8.80. The summed E-state index contributed by atoms with van der Waals surface area (Å²) in [5, 5.41) is 0. The molecule has 1 aliphatic rings. The molecule has 0 saturated carbocycles. The van der Waals surface area contributed by atoms with Gasteiger partial charge >= 0.3 is 0 Å². The average Bonchev–Trinajstić information content (AvgIpc) is 1.89. The van der Waals surface area contributed by atoms with Crippen LogP contribution in [0.3, 0.4) is 0 Å². The molecule has 1 aliphatic heterocycles. The van der Waals surface area contributed by atoms with Gasteiger partial charge in [0, 0.05) is 39.3 Å². The molecule has 0 amide bonds. The van der Waals surface area contributed by atoms with E-state index in [-0.39, 0.29) is 32.7 Å². The van der Waals surface area contributed by atoms with Gasteiger partial charge in [0.1, 0.15) is 0 Å². The fourth-order valence-corrected chi connectivity index (χ4v) is 1.14. The number of aliphatic imine (C=N–C) groups is 1. The Labute approximate surface area is 88.6 Å². The summed E-state index contributed by atoms with van der Waals surface area (Å²) in [4.78, 5) is 4.14. The van der Waals surface area contributed by atoms with Crippen LogP contribution in [0.15, 0.2) is 4.99 Å². The first-order valence-corrected chi connectivity index (χ1v) is 3.47. The molecule has 0 N–H and O–H groups in total. The second-order valence-electron chi connectivity index (χ2n) is 2.56. The Morgan fingerprint density at radius 2 is 2.30 bits per heavy atom. The topological polar surface area (TPSA) is 12.4 Å². The van der Waals surface area contributed by atoms with Crippen LogP contribution >= 0.6 is 0 Å². The maximum absolute atomic E-state index is 4.14. The van der Waals surface area contributed by atoms with Crippen molar-refractivity contribution < 1.29 is 32.7 Å². The van der Waals surface area contributed by atoms with Crippen LogP contribution in [-0.2, 0) is 32.7 Å². The van der Waals surface area contributed by atoms with Gasteiger partial charge < -0.3 is 13.8 Å². The van der Waals surface area contributed by atoms with Crippen LogP contribution in [0.4, 0.5) is 0 Å². The predicted octanol–water partition coefficient (Wildman–Crippen LogP) is 1.75. The predicted molar refractivity (Wildman–Crippen MR) is 40.3 cm³/mol. The molecule has 1 radical (unpaired) electrons. The Hall–Kier alpha value is 0.774. The number of hydrogen-bond donors (Lipinski definition) is 0. The first-order chi connectivity index (χ1) is 4.34. The van der Waals surface area contributed by atoms with Gasteiger partial charge in [-0.1, -0.05) is 5.92 Å². The minimum Gasteiger partial charge on any atom is -0.343 e. The zero-order valence-electron chi connectivity index (χ0n) is 6.29. The van der Waals surface area contributed by atoms with Gasteiger partial charge in [0.15, 0.2) is 0 Å². The van der Waals surface area contributed by atoms with E-state index in [0.29, 0.717) is 11.8 Å². The minimum absolute atomic E-state index is 0. The summed E-state index contributed by atoms with van der Waals surface area (Å²) in [6, 6.07) is 0. The summed E-state index contributed by atoms with van der Waals surface area (Å²) in [5.74, 6) is 1.10. The van der Waals surface area contributed by atoms with E-state index in [2.05, 4.69) is 18.8 Å². The van der Waals surface area contributed by atoms with Crippen LogP contribution in [0, 0.1) is 25.7 Å². The molecular formula is C8H13NY-2. The van der Waals surface area contributed by atoms with Gasteiger partial charge in [-0.05, 0) is 12.6 Å². The number of rotatable bonds is 1. The summed E-state index contributed by atoms with van der Waals surface area (Å²) in [6.07, 6.45) is 4.13. The summed E-state index contributed by atoms with van der Waals surface area (Å²) >= 11 is 0. The van der Waals surface area contributed by atoms with Crippen LogP contribution in [0.2, 0.25) is 0 Å². The van der Waals surface area contributed by atoms with Crippen molar-refractivity contribution in [3.63, 3.8) is 0 Å². The Kier molecular flexibility index (Phi) is 5.85. The molecule has 0 aromatic rings. The number of hydrogen-bond acceptors (Lipinski definition) is 1. The van der Waals surface area contributed by atoms with Gasteiger partial charge in [0.05, 0.1) is 0 Å². The minimum atomic E-state index is 0. The van der Waals surface area contributed by atoms with Crippen molar-refractivity contribution in [3.05, 3.63) is 13.8 Å². The molecule has 1 heterocycles. The molecule has 0 saturated heterocycles. The summed E-state index contributed by atoms with van der Waals surface area (Å²) < 4.78 is 0. The molecule has 0 aliphatic carbocycles. The first kappa shape index (κ1) is 10.8. The van der Waals surface area contributed by atoms with Gasteiger partial charge in [-0.3, -0.25) is 4.99 Å². The summed E-state index contributed by atoms with van der Waals surface area (Å²) in [7, 11) is 0. The fraction of sp³-hybridized carbons (Fsp3) is 0.625. The van der Waals surface area contributed by atoms with Crippen molar-refractivity contribution >= 4 is 6.21 Å². The second-order valence-corrected chi connectivity index (χ2v) is 2.56. The van der Waals surface area contributed by atoms with Crippen LogP contribution in [-0.4, -0.2) is 12.8 Å². The molecule has 0 spiro atoms. The third-order valence-electron chi connectivity index (χ3n) is 1.90. The van der Waals surface area contributed by atoms with Crippen molar-refractivity contribution in [2.75, 3.05) is 6.54 Å². The van der Waals surface area contributed by atoms with Gasteiger partial charge in [-0.15, -0.1) is 5.92 Å². The van der Waals surface area contributed by atoms with E-state index in [0.717, 1.165) is 13.0 Å². The van der Waals surface area contributed by atoms with Gasteiger partial charge in [0.25, 0.3) is 0 Å². The van der Waals surface area contributed by atoms with E-state index in [1.54, 1.807) is 0 Å². The van der Waals surface area contributed by atoms with Crippen LogP contribution < -0.4 is 0 Å². The van der Waals surface area contributed by atoms with E-state index in [1.165, 1.54) is 6.42 Å². The van der Waals surface area contributed by atoms with E-state index in [9.17, 15) is 0 Å². The SMILES string of the molecule is [CH2-]CC1CCN=CC1[CH2-].[Y]. The Morgan fingerprint density at radius 3 is 2.70 bits per heavy atom. The molecule has 0 aromatic heterocycles. The zero-order valence-corrected chi connectivity index (χ0v) is 9.13. The monoisotopic (exact) mass is 212 g/mol. The average molecular weight is 212 g/mol. The van der Waals surface area contributed by atoms with Crippen molar-refractivity contribution in [2.24, 2.45) is 16.8 Å². The van der Waals surface area contributed by atoms with Gasteiger partial charge in [0.2, 0.25) is 0 Å². The van der Waals surface area contributed by atoms with Gasteiger partial charge in [-0.2, -0.15) is 6.42 Å². The maximum atomic E-state index is 4.14. The van der Waals surface area contributed by atoms with Crippen LogP contribution in [0.1, 0.15) is 12.8 Å². The molecule has 0 fully saturated rings. The first-order valence-electron chi connectivity index (χ1n) is 3.47. The van der Waals surface area contributed by atoms with Gasteiger partial charge in [-0.25, -0.2) is 0 Å². The molecule has 2 heteroatoms. The van der Waals surface area contributed by atoms with E-state index >= 15 is 0 Å². The molecule has 2 atom stereocenters. The van der Waals surface area contributed by atoms with Crippen LogP contribution in [0.5, 0.6) is 0 Å². The van der Waals surface area contributed by atoms with E-state index in [1.807, 2.05) is 6.21 Å². The molecule has 10 heavy (non-hydrogen) atoms. The normalized spacial score (nSPS) is 31.4. The van der Waals surface area contributed by atoms with Crippen molar-refractivity contribution in [1.29, 1.82) is 0 Å². The van der Waals surface area contributed by atoms with Crippen molar-refractivity contribution in [3.8, 4) is 0 Å². The molecule has 0 aromatic carbocycles. The molecule has 1 rings (SSSR count). The molecule has 0 bridgehead atoms. The molecule has 1 nitrogen and oxygen atoms in total. The van der Waals surface area contributed by atoms with E-state index < -0.39 is 0 Å². The standard InChI is InChI=1S/C8H13N.Y/c1-3-8-4-5-9-6-7(8)2;/h6-8H,1-5H2;/q-2;. The molecule has 55 valence electrons. The summed E-state index contributed by atoms with van der Waals surface area (Å²) in [5.41, 5.74) is 0. The smallest absolute Gasteiger partial charge is 0.0385 e. The van der Waals surface area contributed by atoms with Crippen molar-refractivity contribution in [1.82, 2.24) is 0 Å². The Balaban J connectivity index is 0.000000810. The Bertz CT molecular complexity index is 112. The second kappa shape index (κ2) is 5.43. The molecular weight excluding hydrogens is 199 g/mol. The fourth-order valence-electron chi connectivity index (χ4n) is 1.14.